The predicted octanol–water partition coefficient (Wildman–Crippen LogP) is 2.56. The van der Waals surface area contributed by atoms with E-state index in [4.69, 9.17) is 5.73 Å². The molecule has 2 aromatic carbocycles. The topological polar surface area (TPSA) is 50.4 Å². The van der Waals surface area contributed by atoms with Crippen molar-refractivity contribution in [3.05, 3.63) is 71.8 Å². The zero-order valence-corrected chi connectivity index (χ0v) is 10.9. The predicted molar refractivity (Wildman–Crippen MR) is 77.7 cm³/mol. The molecule has 0 amide bonds. The smallest absolute Gasteiger partial charge is 0.136 e. The van der Waals surface area contributed by atoms with Crippen LogP contribution in [-0.2, 0) is 5.66 Å². The minimum absolute atomic E-state index is 0.0218. The molecule has 1 heterocycles. The molecule has 2 atom stereocenters. The second kappa shape index (κ2) is 4.52. The standard InChI is InChI=1S/C16H17N3/c1-16(13-10-6-3-7-11-13)18-14(15(17)19-16)12-8-4-2-5-9-12/h2-11,14,18H,1H3,(H2,17,19). The number of hydrogen-bond acceptors (Lipinski definition) is 3. The molecule has 0 radical (unpaired) electrons. The fraction of sp³-hybridized carbons (Fsp3) is 0.188. The summed E-state index contributed by atoms with van der Waals surface area (Å²) in [4.78, 5) is 4.63. The summed E-state index contributed by atoms with van der Waals surface area (Å²) in [5, 5.41) is 3.52. The summed E-state index contributed by atoms with van der Waals surface area (Å²) >= 11 is 0. The normalized spacial score (nSPS) is 26.2. The van der Waals surface area contributed by atoms with E-state index in [2.05, 4.69) is 41.5 Å². The van der Waals surface area contributed by atoms with Crippen molar-refractivity contribution in [2.24, 2.45) is 10.7 Å². The molecule has 96 valence electrons. The third-order valence-corrected chi connectivity index (χ3v) is 3.54. The van der Waals surface area contributed by atoms with Crippen LogP contribution in [0.4, 0.5) is 0 Å². The number of benzene rings is 2. The van der Waals surface area contributed by atoms with Crippen molar-refractivity contribution in [2.45, 2.75) is 18.6 Å². The lowest BCUT2D eigenvalue weighted by atomic mass is 10.0. The summed E-state index contributed by atoms with van der Waals surface area (Å²) in [7, 11) is 0. The zero-order chi connectivity index (χ0) is 13.3. The summed E-state index contributed by atoms with van der Waals surface area (Å²) in [6.07, 6.45) is 0. The average Bonchev–Trinajstić information content (AvgIpc) is 2.77. The van der Waals surface area contributed by atoms with E-state index < -0.39 is 5.66 Å². The molecule has 3 nitrogen and oxygen atoms in total. The lowest BCUT2D eigenvalue weighted by molar-refractivity contribution is 0.401. The second-order valence-electron chi connectivity index (χ2n) is 4.96. The molecule has 0 aliphatic carbocycles. The third-order valence-electron chi connectivity index (χ3n) is 3.54. The van der Waals surface area contributed by atoms with E-state index in [1.165, 1.54) is 0 Å². The van der Waals surface area contributed by atoms with Gasteiger partial charge in [-0.2, -0.15) is 0 Å². The maximum atomic E-state index is 6.11. The van der Waals surface area contributed by atoms with Gasteiger partial charge < -0.3 is 5.73 Å². The number of amidine groups is 1. The number of aliphatic imine (C=N–C) groups is 1. The van der Waals surface area contributed by atoms with Gasteiger partial charge in [0.05, 0.1) is 6.04 Å². The van der Waals surface area contributed by atoms with Crippen molar-refractivity contribution in [1.29, 1.82) is 0 Å². The lowest BCUT2D eigenvalue weighted by Gasteiger charge is -2.24. The molecule has 0 bridgehead atoms. The highest BCUT2D eigenvalue weighted by Crippen LogP contribution is 2.32. The van der Waals surface area contributed by atoms with Gasteiger partial charge in [0.1, 0.15) is 11.5 Å². The fourth-order valence-corrected chi connectivity index (χ4v) is 2.52. The monoisotopic (exact) mass is 251 g/mol. The van der Waals surface area contributed by atoms with E-state index in [0.717, 1.165) is 11.1 Å². The van der Waals surface area contributed by atoms with Crippen LogP contribution in [0, 0.1) is 0 Å². The van der Waals surface area contributed by atoms with Crippen LogP contribution < -0.4 is 11.1 Å². The molecule has 0 fully saturated rings. The van der Waals surface area contributed by atoms with Crippen LogP contribution in [0.2, 0.25) is 0 Å². The first-order chi connectivity index (χ1) is 9.19. The van der Waals surface area contributed by atoms with Crippen LogP contribution >= 0.6 is 0 Å². The van der Waals surface area contributed by atoms with E-state index in [0.29, 0.717) is 5.84 Å². The molecule has 0 saturated carbocycles. The number of nitrogens with zero attached hydrogens (tertiary/aromatic N) is 1. The largest absolute Gasteiger partial charge is 0.386 e. The number of hydrogen-bond donors (Lipinski definition) is 2. The van der Waals surface area contributed by atoms with Gasteiger partial charge in [0.2, 0.25) is 0 Å². The second-order valence-corrected chi connectivity index (χ2v) is 4.96. The maximum Gasteiger partial charge on any atom is 0.136 e. The molecular formula is C16H17N3. The van der Waals surface area contributed by atoms with E-state index in [-0.39, 0.29) is 6.04 Å². The van der Waals surface area contributed by atoms with Crippen LogP contribution in [0.25, 0.3) is 0 Å². The summed E-state index contributed by atoms with van der Waals surface area (Å²) in [5.41, 5.74) is 7.92. The number of nitrogens with two attached hydrogens (primary N) is 1. The molecule has 2 unspecified atom stereocenters. The van der Waals surface area contributed by atoms with E-state index in [1.54, 1.807) is 0 Å². The Balaban J connectivity index is 1.94. The maximum absolute atomic E-state index is 6.11. The number of nitrogens with one attached hydrogen (secondary N) is 1. The van der Waals surface area contributed by atoms with Crippen molar-refractivity contribution in [1.82, 2.24) is 5.32 Å². The molecule has 0 spiro atoms. The Morgan fingerprint density at radius 2 is 1.58 bits per heavy atom. The highest BCUT2D eigenvalue weighted by molar-refractivity contribution is 5.89. The third kappa shape index (κ3) is 2.13. The van der Waals surface area contributed by atoms with E-state index in [9.17, 15) is 0 Å². The number of rotatable bonds is 2. The van der Waals surface area contributed by atoms with Crippen molar-refractivity contribution in [3.8, 4) is 0 Å². The lowest BCUT2D eigenvalue weighted by Crippen LogP contribution is -2.36. The Kier molecular flexibility index (Phi) is 2.84. The van der Waals surface area contributed by atoms with Gasteiger partial charge in [-0.15, -0.1) is 0 Å². The van der Waals surface area contributed by atoms with Crippen LogP contribution in [0.15, 0.2) is 65.7 Å². The summed E-state index contributed by atoms with van der Waals surface area (Å²) in [6.45, 7) is 2.05. The summed E-state index contributed by atoms with van der Waals surface area (Å²) < 4.78 is 0. The van der Waals surface area contributed by atoms with Gasteiger partial charge in [0.25, 0.3) is 0 Å². The molecule has 3 heteroatoms. The van der Waals surface area contributed by atoms with Gasteiger partial charge >= 0.3 is 0 Å². The van der Waals surface area contributed by atoms with Gasteiger partial charge in [-0.25, -0.2) is 4.99 Å². The van der Waals surface area contributed by atoms with Gasteiger partial charge in [-0.1, -0.05) is 60.7 Å². The first-order valence-electron chi connectivity index (χ1n) is 6.42. The van der Waals surface area contributed by atoms with Gasteiger partial charge in [-0.3, -0.25) is 5.32 Å². The molecule has 3 N–H and O–H groups in total. The Labute approximate surface area is 113 Å². The molecule has 2 aromatic rings. The van der Waals surface area contributed by atoms with Crippen molar-refractivity contribution >= 4 is 5.84 Å². The van der Waals surface area contributed by atoms with Crippen molar-refractivity contribution in [3.63, 3.8) is 0 Å². The Morgan fingerprint density at radius 3 is 2.21 bits per heavy atom. The molecule has 1 aliphatic rings. The van der Waals surface area contributed by atoms with Crippen LogP contribution in [0.5, 0.6) is 0 Å². The first-order valence-corrected chi connectivity index (χ1v) is 6.42. The van der Waals surface area contributed by atoms with Gasteiger partial charge in [0.15, 0.2) is 0 Å². The van der Waals surface area contributed by atoms with Crippen LogP contribution in [0.1, 0.15) is 24.1 Å². The van der Waals surface area contributed by atoms with Gasteiger partial charge in [-0.05, 0) is 18.1 Å². The van der Waals surface area contributed by atoms with Crippen molar-refractivity contribution in [2.75, 3.05) is 0 Å². The SMILES string of the molecule is CC1(c2ccccc2)N=C(N)C(c2ccccc2)N1. The first kappa shape index (κ1) is 11.9. The quantitative estimate of drug-likeness (QED) is 0.861. The molecule has 3 rings (SSSR count). The molecule has 1 aliphatic heterocycles. The molecule has 0 aromatic heterocycles. The van der Waals surface area contributed by atoms with E-state index in [1.807, 2.05) is 36.4 Å². The van der Waals surface area contributed by atoms with Gasteiger partial charge in [0, 0.05) is 0 Å². The van der Waals surface area contributed by atoms with Crippen molar-refractivity contribution < 1.29 is 0 Å². The zero-order valence-electron chi connectivity index (χ0n) is 10.9. The molecule has 0 saturated heterocycles. The molecular weight excluding hydrogens is 234 g/mol. The highest BCUT2D eigenvalue weighted by Gasteiger charge is 2.37. The minimum Gasteiger partial charge on any atom is -0.386 e. The average molecular weight is 251 g/mol. The van der Waals surface area contributed by atoms with E-state index >= 15 is 0 Å². The summed E-state index contributed by atoms with van der Waals surface area (Å²) in [6, 6.07) is 20.3. The molecule has 19 heavy (non-hydrogen) atoms. The Hall–Kier alpha value is -2.13. The highest BCUT2D eigenvalue weighted by atomic mass is 15.2. The Bertz CT molecular complexity index is 592. The summed E-state index contributed by atoms with van der Waals surface area (Å²) in [5.74, 6) is 0.637. The minimum atomic E-state index is -0.453. The fourth-order valence-electron chi connectivity index (χ4n) is 2.52. The van der Waals surface area contributed by atoms with Crippen LogP contribution in [0.3, 0.4) is 0 Å². The van der Waals surface area contributed by atoms with Crippen LogP contribution in [-0.4, -0.2) is 5.84 Å². The Morgan fingerprint density at radius 1 is 1.00 bits per heavy atom.